The zero-order valence-corrected chi connectivity index (χ0v) is 9.66. The number of halogens is 1. The van der Waals surface area contributed by atoms with Crippen molar-refractivity contribution in [3.05, 3.63) is 5.28 Å². The van der Waals surface area contributed by atoms with Crippen LogP contribution in [0.5, 0.6) is 6.01 Å². The van der Waals surface area contributed by atoms with E-state index in [1.165, 1.54) is 7.11 Å². The molecule has 6 nitrogen and oxygen atoms in total. The van der Waals surface area contributed by atoms with Crippen LogP contribution in [0.2, 0.25) is 5.28 Å². The van der Waals surface area contributed by atoms with Gasteiger partial charge in [-0.2, -0.15) is 15.0 Å². The smallest absolute Gasteiger partial charge is 0.322 e. The Morgan fingerprint density at radius 1 is 1.44 bits per heavy atom. The Morgan fingerprint density at radius 3 is 2.69 bits per heavy atom. The van der Waals surface area contributed by atoms with Gasteiger partial charge in [0.15, 0.2) is 0 Å². The third kappa shape index (κ3) is 2.17. The van der Waals surface area contributed by atoms with Gasteiger partial charge in [0.2, 0.25) is 11.2 Å². The van der Waals surface area contributed by atoms with Crippen molar-refractivity contribution in [2.45, 2.75) is 24.8 Å². The monoisotopic (exact) mass is 244 g/mol. The molecule has 0 amide bonds. The molecular formula is C9H13ClN4O2. The Balaban J connectivity index is 2.17. The summed E-state index contributed by atoms with van der Waals surface area (Å²) in [6, 6.07) is 0.162. The van der Waals surface area contributed by atoms with Gasteiger partial charge in [-0.15, -0.1) is 0 Å². The summed E-state index contributed by atoms with van der Waals surface area (Å²) in [4.78, 5) is 11.7. The van der Waals surface area contributed by atoms with Crippen LogP contribution in [0.25, 0.3) is 0 Å². The molecule has 0 aromatic carbocycles. The Kier molecular flexibility index (Phi) is 3.11. The second kappa shape index (κ2) is 4.39. The van der Waals surface area contributed by atoms with Crippen molar-refractivity contribution >= 4 is 17.5 Å². The van der Waals surface area contributed by atoms with E-state index in [9.17, 15) is 5.11 Å². The molecule has 0 bridgehead atoms. The molecule has 1 aliphatic carbocycles. The van der Waals surface area contributed by atoms with Gasteiger partial charge in [-0.05, 0) is 30.9 Å². The molecule has 2 rings (SSSR count). The summed E-state index contributed by atoms with van der Waals surface area (Å²) in [6.45, 7) is 0.0542. The van der Waals surface area contributed by atoms with Crippen LogP contribution in [0.4, 0.5) is 5.95 Å². The van der Waals surface area contributed by atoms with Gasteiger partial charge in [0.25, 0.3) is 0 Å². The van der Waals surface area contributed by atoms with Crippen LogP contribution in [0, 0.1) is 0 Å². The minimum absolute atomic E-state index is 0.0542. The quantitative estimate of drug-likeness (QED) is 0.818. The Labute approximate surface area is 98.0 Å². The summed E-state index contributed by atoms with van der Waals surface area (Å²) in [5.74, 6) is 0.339. The number of hydrogen-bond donors (Lipinski definition) is 2. The van der Waals surface area contributed by atoms with Gasteiger partial charge < -0.3 is 15.2 Å². The van der Waals surface area contributed by atoms with E-state index in [1.54, 1.807) is 0 Å². The third-order valence-corrected chi connectivity index (χ3v) is 2.93. The van der Waals surface area contributed by atoms with E-state index < -0.39 is 0 Å². The molecule has 0 atom stereocenters. The molecule has 0 aliphatic heterocycles. The second-order valence-electron chi connectivity index (χ2n) is 3.83. The highest BCUT2D eigenvalue weighted by Gasteiger charge is 2.37. The summed E-state index contributed by atoms with van der Waals surface area (Å²) in [7, 11) is 1.46. The highest BCUT2D eigenvalue weighted by atomic mass is 35.5. The van der Waals surface area contributed by atoms with Crippen molar-refractivity contribution < 1.29 is 9.84 Å². The lowest BCUT2D eigenvalue weighted by atomic mass is 9.77. The van der Waals surface area contributed by atoms with Gasteiger partial charge >= 0.3 is 6.01 Å². The van der Waals surface area contributed by atoms with E-state index in [0.717, 1.165) is 19.3 Å². The van der Waals surface area contributed by atoms with Gasteiger partial charge in [0.05, 0.1) is 19.3 Å². The highest BCUT2D eigenvalue weighted by molar-refractivity contribution is 6.28. The summed E-state index contributed by atoms with van der Waals surface area (Å²) in [5, 5.41) is 12.4. The SMILES string of the molecule is COc1nc(Cl)nc(NC2(CO)CCC2)n1. The van der Waals surface area contributed by atoms with Crippen LogP contribution < -0.4 is 10.1 Å². The first-order valence-electron chi connectivity index (χ1n) is 5.02. The lowest BCUT2D eigenvalue weighted by molar-refractivity contribution is 0.143. The second-order valence-corrected chi connectivity index (χ2v) is 4.17. The molecule has 1 aromatic heterocycles. The molecule has 0 spiro atoms. The van der Waals surface area contributed by atoms with Crippen molar-refractivity contribution in [2.24, 2.45) is 0 Å². The largest absolute Gasteiger partial charge is 0.467 e. The molecule has 1 aromatic rings. The number of rotatable bonds is 4. The number of aliphatic hydroxyl groups excluding tert-OH is 1. The number of aliphatic hydroxyl groups is 1. The Hall–Kier alpha value is -1.14. The lowest BCUT2D eigenvalue weighted by Crippen LogP contribution is -2.48. The number of anilines is 1. The molecule has 7 heteroatoms. The van der Waals surface area contributed by atoms with Crippen LogP contribution in [0.1, 0.15) is 19.3 Å². The molecular weight excluding hydrogens is 232 g/mol. The number of ether oxygens (including phenoxy) is 1. The van der Waals surface area contributed by atoms with Gasteiger partial charge in [-0.3, -0.25) is 0 Å². The first-order chi connectivity index (χ1) is 7.67. The van der Waals surface area contributed by atoms with Gasteiger partial charge in [0.1, 0.15) is 0 Å². The van der Waals surface area contributed by atoms with Crippen LogP contribution in [0.3, 0.4) is 0 Å². The van der Waals surface area contributed by atoms with E-state index in [4.69, 9.17) is 16.3 Å². The standard InChI is InChI=1S/C9H13ClN4O2/c1-16-8-12-6(10)11-7(13-8)14-9(5-15)3-2-4-9/h15H,2-5H2,1H3,(H,11,12,13,14). The average molecular weight is 245 g/mol. The fraction of sp³-hybridized carbons (Fsp3) is 0.667. The third-order valence-electron chi connectivity index (χ3n) is 2.76. The fourth-order valence-electron chi connectivity index (χ4n) is 1.64. The molecule has 0 unspecified atom stereocenters. The molecule has 88 valence electrons. The maximum absolute atomic E-state index is 9.30. The minimum atomic E-state index is -0.310. The van der Waals surface area contributed by atoms with Crippen molar-refractivity contribution in [1.82, 2.24) is 15.0 Å². The van der Waals surface area contributed by atoms with E-state index in [1.807, 2.05) is 0 Å². The number of nitrogens with zero attached hydrogens (tertiary/aromatic N) is 3. The highest BCUT2D eigenvalue weighted by Crippen LogP contribution is 2.34. The first-order valence-corrected chi connectivity index (χ1v) is 5.40. The predicted octanol–water partition coefficient (Wildman–Crippen LogP) is 0.860. The van der Waals surface area contributed by atoms with Crippen molar-refractivity contribution in [2.75, 3.05) is 19.0 Å². The summed E-state index contributed by atoms with van der Waals surface area (Å²) < 4.78 is 4.89. The molecule has 16 heavy (non-hydrogen) atoms. The lowest BCUT2D eigenvalue weighted by Gasteiger charge is -2.40. The predicted molar refractivity (Wildman–Crippen MR) is 58.7 cm³/mol. The van der Waals surface area contributed by atoms with Crippen LogP contribution in [-0.2, 0) is 0 Å². The average Bonchev–Trinajstić information content (AvgIpc) is 2.22. The molecule has 2 N–H and O–H groups in total. The summed E-state index contributed by atoms with van der Waals surface area (Å²) in [5.41, 5.74) is -0.310. The fourth-order valence-corrected chi connectivity index (χ4v) is 1.79. The topological polar surface area (TPSA) is 80.2 Å². The zero-order chi connectivity index (χ0) is 11.6. The maximum Gasteiger partial charge on any atom is 0.322 e. The van der Waals surface area contributed by atoms with Crippen molar-refractivity contribution in [3.63, 3.8) is 0 Å². The molecule has 1 saturated carbocycles. The van der Waals surface area contributed by atoms with E-state index >= 15 is 0 Å². The maximum atomic E-state index is 9.30. The van der Waals surface area contributed by atoms with Crippen molar-refractivity contribution in [3.8, 4) is 6.01 Å². The van der Waals surface area contributed by atoms with Crippen LogP contribution >= 0.6 is 11.6 Å². The number of nitrogens with one attached hydrogen (secondary N) is 1. The van der Waals surface area contributed by atoms with Crippen LogP contribution in [0.15, 0.2) is 0 Å². The van der Waals surface area contributed by atoms with Crippen molar-refractivity contribution in [1.29, 1.82) is 0 Å². The van der Waals surface area contributed by atoms with E-state index in [-0.39, 0.29) is 23.4 Å². The molecule has 0 radical (unpaired) electrons. The number of methoxy groups -OCH3 is 1. The molecule has 1 fully saturated rings. The van der Waals surface area contributed by atoms with E-state index in [2.05, 4.69) is 20.3 Å². The van der Waals surface area contributed by atoms with Crippen LogP contribution in [-0.4, -0.2) is 39.3 Å². The summed E-state index contributed by atoms with van der Waals surface area (Å²) in [6.07, 6.45) is 2.88. The molecule has 1 heterocycles. The Bertz CT molecular complexity index is 378. The van der Waals surface area contributed by atoms with E-state index in [0.29, 0.717) is 5.95 Å². The normalized spacial score (nSPS) is 17.7. The Morgan fingerprint density at radius 2 is 2.19 bits per heavy atom. The first kappa shape index (κ1) is 11.3. The molecule has 0 saturated heterocycles. The minimum Gasteiger partial charge on any atom is -0.467 e. The van der Waals surface area contributed by atoms with Gasteiger partial charge in [0, 0.05) is 0 Å². The number of hydrogen-bond acceptors (Lipinski definition) is 6. The molecule has 1 aliphatic rings. The van der Waals surface area contributed by atoms with Gasteiger partial charge in [-0.1, -0.05) is 0 Å². The zero-order valence-electron chi connectivity index (χ0n) is 8.90. The number of aromatic nitrogens is 3. The summed E-state index contributed by atoms with van der Waals surface area (Å²) >= 11 is 5.72. The van der Waals surface area contributed by atoms with Gasteiger partial charge in [-0.25, -0.2) is 0 Å².